The molecule has 1 aromatic rings. The second kappa shape index (κ2) is 2.63. The smallest absolute Gasteiger partial charge is 0.0997 e. The van der Waals surface area contributed by atoms with Crippen LogP contribution in [0.25, 0.3) is 0 Å². The molecule has 0 saturated heterocycles. The number of benzene rings is 1. The Labute approximate surface area is 66.3 Å². The van der Waals surface area contributed by atoms with Crippen molar-refractivity contribution in [2.45, 2.75) is 13.8 Å². The molecule has 0 aliphatic carbocycles. The van der Waals surface area contributed by atoms with Crippen molar-refractivity contribution in [1.29, 1.82) is 5.26 Å². The minimum absolute atomic E-state index is 0.721. The zero-order chi connectivity index (χ0) is 8.43. The van der Waals surface area contributed by atoms with E-state index in [0.717, 1.165) is 22.4 Å². The van der Waals surface area contributed by atoms with Gasteiger partial charge in [0.2, 0.25) is 0 Å². The molecule has 1 aromatic carbocycles. The molecule has 0 radical (unpaired) electrons. The van der Waals surface area contributed by atoms with E-state index >= 15 is 0 Å². The number of nitrogens with two attached hydrogens (primary N) is 1. The van der Waals surface area contributed by atoms with Crippen LogP contribution in [0.1, 0.15) is 16.7 Å². The average Bonchev–Trinajstić information content (AvgIpc) is 1.85. The van der Waals surface area contributed by atoms with E-state index in [1.54, 1.807) is 0 Å². The number of nitrogens with zero attached hydrogens (tertiary/aromatic N) is 1. The number of nitriles is 1. The quantitative estimate of drug-likeness (QED) is 0.567. The summed E-state index contributed by atoms with van der Waals surface area (Å²) in [6, 6.07) is 5.76. The molecule has 0 aliphatic heterocycles. The van der Waals surface area contributed by atoms with Gasteiger partial charge in [-0.1, -0.05) is 0 Å². The van der Waals surface area contributed by atoms with Gasteiger partial charge in [0, 0.05) is 5.69 Å². The van der Waals surface area contributed by atoms with Crippen molar-refractivity contribution in [2.75, 3.05) is 5.73 Å². The topological polar surface area (TPSA) is 49.8 Å². The lowest BCUT2D eigenvalue weighted by Gasteiger charge is -2.02. The van der Waals surface area contributed by atoms with Gasteiger partial charge in [0.05, 0.1) is 11.6 Å². The van der Waals surface area contributed by atoms with Crippen LogP contribution in [0.5, 0.6) is 0 Å². The molecule has 56 valence electrons. The van der Waals surface area contributed by atoms with E-state index in [4.69, 9.17) is 11.0 Å². The van der Waals surface area contributed by atoms with Crippen molar-refractivity contribution in [2.24, 2.45) is 0 Å². The monoisotopic (exact) mass is 146 g/mol. The Kier molecular flexibility index (Phi) is 1.82. The van der Waals surface area contributed by atoms with E-state index in [9.17, 15) is 0 Å². The summed E-state index contributed by atoms with van der Waals surface area (Å²) in [7, 11) is 0. The number of aryl methyl sites for hydroxylation is 2. The number of nitrogen functional groups attached to an aromatic ring is 1. The second-order valence-electron chi connectivity index (χ2n) is 2.64. The van der Waals surface area contributed by atoms with Crippen molar-refractivity contribution >= 4 is 5.69 Å². The van der Waals surface area contributed by atoms with E-state index in [2.05, 4.69) is 6.07 Å². The minimum Gasteiger partial charge on any atom is -0.399 e. The van der Waals surface area contributed by atoms with Crippen LogP contribution >= 0.6 is 0 Å². The molecule has 2 heteroatoms. The first-order chi connectivity index (χ1) is 5.15. The zero-order valence-corrected chi connectivity index (χ0v) is 6.68. The Morgan fingerprint density at radius 2 is 1.73 bits per heavy atom. The molecule has 2 nitrogen and oxygen atoms in total. The SMILES string of the molecule is Cc1cc(N)cc(C)c1C#N. The van der Waals surface area contributed by atoms with Gasteiger partial charge in [-0.15, -0.1) is 0 Å². The Bertz CT molecular complexity index is 298. The summed E-state index contributed by atoms with van der Waals surface area (Å²) in [5, 5.41) is 8.70. The molecule has 0 aromatic heterocycles. The van der Waals surface area contributed by atoms with E-state index in [0.29, 0.717) is 0 Å². The van der Waals surface area contributed by atoms with Gasteiger partial charge >= 0.3 is 0 Å². The van der Waals surface area contributed by atoms with Crippen LogP contribution in [0.15, 0.2) is 12.1 Å². The van der Waals surface area contributed by atoms with Crippen molar-refractivity contribution in [1.82, 2.24) is 0 Å². The highest BCUT2D eigenvalue weighted by Crippen LogP contribution is 2.16. The summed E-state index contributed by atoms with van der Waals surface area (Å²) in [6.07, 6.45) is 0. The maximum Gasteiger partial charge on any atom is 0.0997 e. The Morgan fingerprint density at radius 1 is 1.27 bits per heavy atom. The third-order valence-electron chi connectivity index (χ3n) is 1.67. The summed E-state index contributed by atoms with van der Waals surface area (Å²) >= 11 is 0. The maximum atomic E-state index is 8.70. The largest absolute Gasteiger partial charge is 0.399 e. The van der Waals surface area contributed by atoms with Gasteiger partial charge in [0.1, 0.15) is 0 Å². The zero-order valence-electron chi connectivity index (χ0n) is 6.68. The third-order valence-corrected chi connectivity index (χ3v) is 1.67. The van der Waals surface area contributed by atoms with Crippen LogP contribution in [0.4, 0.5) is 5.69 Å². The number of anilines is 1. The summed E-state index contributed by atoms with van der Waals surface area (Å²) in [4.78, 5) is 0. The maximum absolute atomic E-state index is 8.70. The fraction of sp³-hybridized carbons (Fsp3) is 0.222. The molecule has 2 N–H and O–H groups in total. The molecule has 0 saturated carbocycles. The molecule has 11 heavy (non-hydrogen) atoms. The van der Waals surface area contributed by atoms with Crippen LogP contribution in [0, 0.1) is 25.2 Å². The predicted molar refractivity (Wildman–Crippen MR) is 45.0 cm³/mol. The van der Waals surface area contributed by atoms with Gasteiger partial charge in [-0.25, -0.2) is 0 Å². The van der Waals surface area contributed by atoms with Crippen LogP contribution in [0.3, 0.4) is 0 Å². The third kappa shape index (κ3) is 1.32. The molecule has 0 unspecified atom stereocenters. The van der Waals surface area contributed by atoms with Crippen LogP contribution < -0.4 is 5.73 Å². The summed E-state index contributed by atoms with van der Waals surface area (Å²) < 4.78 is 0. The van der Waals surface area contributed by atoms with Crippen LogP contribution in [-0.4, -0.2) is 0 Å². The molecule has 0 heterocycles. The molecular weight excluding hydrogens is 136 g/mol. The van der Waals surface area contributed by atoms with Crippen molar-refractivity contribution in [3.63, 3.8) is 0 Å². The summed E-state index contributed by atoms with van der Waals surface area (Å²) in [5.41, 5.74) is 8.93. The molecule has 0 amide bonds. The molecule has 0 atom stereocenters. The van der Waals surface area contributed by atoms with Crippen LogP contribution in [-0.2, 0) is 0 Å². The summed E-state index contributed by atoms with van der Waals surface area (Å²) in [6.45, 7) is 3.78. The Balaban J connectivity index is 3.40. The van der Waals surface area contributed by atoms with E-state index in [-0.39, 0.29) is 0 Å². The highest BCUT2D eigenvalue weighted by atomic mass is 14.5. The highest BCUT2D eigenvalue weighted by Gasteiger charge is 2.01. The lowest BCUT2D eigenvalue weighted by molar-refractivity contribution is 1.32. The first kappa shape index (κ1) is 7.62. The van der Waals surface area contributed by atoms with Gasteiger partial charge in [-0.3, -0.25) is 0 Å². The standard InChI is InChI=1S/C9H10N2/c1-6-3-8(11)4-7(2)9(6)5-10/h3-4H,11H2,1-2H3. The normalized spacial score (nSPS) is 9.18. The molecular formula is C9H10N2. The molecule has 0 aliphatic rings. The number of rotatable bonds is 0. The fourth-order valence-corrected chi connectivity index (χ4v) is 1.17. The van der Waals surface area contributed by atoms with Crippen molar-refractivity contribution in [3.8, 4) is 6.07 Å². The van der Waals surface area contributed by atoms with Gasteiger partial charge in [-0.2, -0.15) is 5.26 Å². The fourth-order valence-electron chi connectivity index (χ4n) is 1.17. The lowest BCUT2D eigenvalue weighted by Crippen LogP contribution is -1.92. The van der Waals surface area contributed by atoms with Gasteiger partial charge in [0.15, 0.2) is 0 Å². The first-order valence-electron chi connectivity index (χ1n) is 3.42. The van der Waals surface area contributed by atoms with E-state index in [1.807, 2.05) is 26.0 Å². The molecule has 0 fully saturated rings. The second-order valence-corrected chi connectivity index (χ2v) is 2.64. The first-order valence-corrected chi connectivity index (χ1v) is 3.42. The molecule has 0 spiro atoms. The Hall–Kier alpha value is -1.49. The summed E-state index contributed by atoms with van der Waals surface area (Å²) in [5.74, 6) is 0. The molecule has 1 rings (SSSR count). The number of hydrogen-bond acceptors (Lipinski definition) is 2. The van der Waals surface area contributed by atoms with Crippen molar-refractivity contribution < 1.29 is 0 Å². The minimum atomic E-state index is 0.721. The molecule has 0 bridgehead atoms. The van der Waals surface area contributed by atoms with E-state index in [1.165, 1.54) is 0 Å². The Morgan fingerprint density at radius 3 is 2.09 bits per heavy atom. The predicted octanol–water partition coefficient (Wildman–Crippen LogP) is 1.76. The van der Waals surface area contributed by atoms with E-state index < -0.39 is 0 Å². The van der Waals surface area contributed by atoms with Gasteiger partial charge < -0.3 is 5.73 Å². The average molecular weight is 146 g/mol. The number of hydrogen-bond donors (Lipinski definition) is 1. The van der Waals surface area contributed by atoms with Gasteiger partial charge in [0.25, 0.3) is 0 Å². The lowest BCUT2D eigenvalue weighted by atomic mass is 10.0. The van der Waals surface area contributed by atoms with Gasteiger partial charge in [-0.05, 0) is 37.1 Å². The van der Waals surface area contributed by atoms with Crippen molar-refractivity contribution in [3.05, 3.63) is 28.8 Å². The van der Waals surface area contributed by atoms with Crippen LogP contribution in [0.2, 0.25) is 0 Å². The highest BCUT2D eigenvalue weighted by molar-refractivity contribution is 5.53.